The first-order valence-electron chi connectivity index (χ1n) is 10.2. The number of carbonyl (C=O) groups is 2. The van der Waals surface area contributed by atoms with Crippen molar-refractivity contribution in [3.63, 3.8) is 0 Å². The number of fused-ring (bicyclic) bond motifs is 1. The third-order valence-corrected chi connectivity index (χ3v) is 6.13. The summed E-state index contributed by atoms with van der Waals surface area (Å²) in [7, 11) is 1.52. The average molecular weight is 460 g/mol. The van der Waals surface area contributed by atoms with Crippen molar-refractivity contribution >= 4 is 23.2 Å². The number of nitrogens with zero attached hydrogens (tertiary/aromatic N) is 1. The topological polar surface area (TPSA) is 77.1 Å². The Bertz CT molecular complexity index is 1130. The average Bonchev–Trinajstić information content (AvgIpc) is 3.42. The molecule has 0 saturated carbocycles. The van der Waals surface area contributed by atoms with Gasteiger partial charge in [0.25, 0.3) is 0 Å². The number of alkyl halides is 3. The molecule has 2 aromatic rings. The smallest absolute Gasteiger partial charge is 0.495 e. The molecule has 0 aliphatic carbocycles. The van der Waals surface area contributed by atoms with E-state index in [0.717, 1.165) is 12.1 Å². The summed E-state index contributed by atoms with van der Waals surface area (Å²) in [4.78, 5) is 28.1. The number of carbonyl (C=O) groups excluding carboxylic acids is 2. The third kappa shape index (κ3) is 3.60. The van der Waals surface area contributed by atoms with E-state index in [0.29, 0.717) is 11.4 Å². The van der Waals surface area contributed by atoms with Crippen LogP contribution in [-0.2, 0) is 14.3 Å². The van der Waals surface area contributed by atoms with Crippen molar-refractivity contribution in [1.82, 2.24) is 0 Å². The van der Waals surface area contributed by atoms with Gasteiger partial charge in [-0.1, -0.05) is 24.3 Å². The number of nitrogens with one attached hydrogen (secondary N) is 1. The van der Waals surface area contributed by atoms with Crippen LogP contribution in [0.4, 0.5) is 24.5 Å². The highest BCUT2D eigenvalue weighted by atomic mass is 19.4. The Balaban J connectivity index is 1.36. The molecule has 7 nitrogen and oxygen atoms in total. The van der Waals surface area contributed by atoms with Crippen LogP contribution in [0.25, 0.3) is 0 Å². The van der Waals surface area contributed by atoms with Crippen molar-refractivity contribution in [3.05, 3.63) is 60.7 Å². The van der Waals surface area contributed by atoms with Crippen molar-refractivity contribution in [2.45, 2.75) is 18.1 Å². The number of anilines is 2. The number of ether oxygens (including phenoxy) is 3. The van der Waals surface area contributed by atoms with E-state index < -0.39 is 41.6 Å². The van der Waals surface area contributed by atoms with Gasteiger partial charge in [0.2, 0.25) is 11.8 Å². The van der Waals surface area contributed by atoms with E-state index >= 15 is 0 Å². The quantitative estimate of drug-likeness (QED) is 0.691. The van der Waals surface area contributed by atoms with Crippen molar-refractivity contribution in [1.29, 1.82) is 0 Å². The third-order valence-electron chi connectivity index (χ3n) is 6.13. The summed E-state index contributed by atoms with van der Waals surface area (Å²) < 4.78 is 52.4. The number of methoxy groups -OCH3 is 1. The Morgan fingerprint density at radius 1 is 1.18 bits per heavy atom. The summed E-state index contributed by atoms with van der Waals surface area (Å²) in [5, 5.41) is 2.68. The van der Waals surface area contributed by atoms with Gasteiger partial charge in [0.15, 0.2) is 0 Å². The minimum absolute atomic E-state index is 0.247. The maximum Gasteiger partial charge on any atom is 0.573 e. The van der Waals surface area contributed by atoms with Gasteiger partial charge in [-0.05, 0) is 36.4 Å². The van der Waals surface area contributed by atoms with Crippen LogP contribution in [0.5, 0.6) is 11.5 Å². The molecule has 33 heavy (non-hydrogen) atoms. The molecule has 0 aromatic heterocycles. The summed E-state index contributed by atoms with van der Waals surface area (Å²) in [5.74, 6) is -2.08. The number of hydrogen-bond donors (Lipinski definition) is 1. The first-order chi connectivity index (χ1) is 15.7. The molecule has 172 valence electrons. The Kier molecular flexibility index (Phi) is 4.86. The fourth-order valence-corrected chi connectivity index (χ4v) is 4.82. The largest absolute Gasteiger partial charge is 0.573 e. The molecule has 2 aromatic carbocycles. The predicted octanol–water partition coefficient (Wildman–Crippen LogP) is 3.52. The predicted molar refractivity (Wildman–Crippen MR) is 111 cm³/mol. The molecule has 3 heterocycles. The van der Waals surface area contributed by atoms with E-state index in [1.54, 1.807) is 35.2 Å². The minimum atomic E-state index is -4.80. The van der Waals surface area contributed by atoms with Crippen LogP contribution in [-0.4, -0.2) is 43.5 Å². The number of hydrogen-bond acceptors (Lipinski definition) is 5. The molecule has 3 aliphatic heterocycles. The summed E-state index contributed by atoms with van der Waals surface area (Å²) in [6.07, 6.45) is -1.75. The minimum Gasteiger partial charge on any atom is -0.495 e. The van der Waals surface area contributed by atoms with Gasteiger partial charge in [0.05, 0.1) is 37.3 Å². The van der Waals surface area contributed by atoms with Gasteiger partial charge in [0.1, 0.15) is 17.1 Å². The fraction of sp³-hybridized carbons (Fsp3) is 0.304. The van der Waals surface area contributed by atoms with E-state index in [4.69, 9.17) is 9.47 Å². The van der Waals surface area contributed by atoms with Gasteiger partial charge in [0, 0.05) is 5.69 Å². The summed E-state index contributed by atoms with van der Waals surface area (Å²) in [6.45, 7) is 0.247. The molecule has 2 amide bonds. The monoisotopic (exact) mass is 460 g/mol. The molecule has 10 heteroatoms. The van der Waals surface area contributed by atoms with Crippen LogP contribution in [0.15, 0.2) is 60.7 Å². The Hall–Kier alpha value is -3.53. The van der Waals surface area contributed by atoms with Crippen LogP contribution >= 0.6 is 0 Å². The normalized spacial score (nSPS) is 27.6. The van der Waals surface area contributed by atoms with Crippen LogP contribution in [0, 0.1) is 11.8 Å². The molecule has 1 N–H and O–H groups in total. The highest BCUT2D eigenvalue weighted by Gasteiger charge is 2.67. The lowest BCUT2D eigenvalue weighted by Gasteiger charge is -2.23. The van der Waals surface area contributed by atoms with Crippen LogP contribution in [0.1, 0.15) is 0 Å². The zero-order valence-electron chi connectivity index (χ0n) is 17.3. The van der Waals surface area contributed by atoms with Crippen molar-refractivity contribution in [2.24, 2.45) is 11.8 Å². The Labute approximate surface area is 186 Å². The van der Waals surface area contributed by atoms with Crippen LogP contribution in [0.2, 0.25) is 0 Å². The lowest BCUT2D eigenvalue weighted by molar-refractivity contribution is -0.274. The van der Waals surface area contributed by atoms with Crippen LogP contribution in [0.3, 0.4) is 0 Å². The lowest BCUT2D eigenvalue weighted by atomic mass is 9.77. The zero-order chi connectivity index (χ0) is 23.4. The lowest BCUT2D eigenvalue weighted by Crippen LogP contribution is -2.41. The Morgan fingerprint density at radius 2 is 1.91 bits per heavy atom. The highest BCUT2D eigenvalue weighted by Crippen LogP contribution is 2.53. The second-order valence-corrected chi connectivity index (χ2v) is 8.06. The Morgan fingerprint density at radius 3 is 2.61 bits per heavy atom. The number of rotatable bonds is 5. The van der Waals surface area contributed by atoms with Crippen molar-refractivity contribution in [2.75, 3.05) is 23.9 Å². The maximum absolute atomic E-state index is 13.4. The molecule has 3 aliphatic rings. The first-order valence-corrected chi connectivity index (χ1v) is 10.2. The van der Waals surface area contributed by atoms with E-state index in [-0.39, 0.29) is 18.1 Å². The molecule has 2 saturated heterocycles. The first kappa shape index (κ1) is 21.3. The van der Waals surface area contributed by atoms with Crippen molar-refractivity contribution < 1.29 is 37.0 Å². The van der Waals surface area contributed by atoms with Crippen molar-refractivity contribution in [3.8, 4) is 11.5 Å². The van der Waals surface area contributed by atoms with Gasteiger partial charge in [-0.15, -0.1) is 13.2 Å². The second kappa shape index (κ2) is 7.51. The van der Waals surface area contributed by atoms with E-state index in [9.17, 15) is 22.8 Å². The van der Waals surface area contributed by atoms with Gasteiger partial charge in [-0.25, -0.2) is 0 Å². The maximum atomic E-state index is 13.4. The summed E-state index contributed by atoms with van der Waals surface area (Å²) >= 11 is 0. The second-order valence-electron chi connectivity index (χ2n) is 8.06. The number of benzene rings is 2. The zero-order valence-corrected chi connectivity index (χ0v) is 17.3. The molecule has 0 radical (unpaired) electrons. The molecule has 0 unspecified atom stereocenters. The fourth-order valence-electron chi connectivity index (χ4n) is 4.82. The van der Waals surface area contributed by atoms with E-state index in [1.165, 1.54) is 19.2 Å². The molecular weight excluding hydrogens is 441 g/mol. The van der Waals surface area contributed by atoms with Gasteiger partial charge in [-0.3, -0.25) is 9.59 Å². The van der Waals surface area contributed by atoms with Gasteiger partial charge in [-0.2, -0.15) is 0 Å². The molecular formula is C23H19F3N2O5. The van der Waals surface area contributed by atoms with Gasteiger partial charge >= 0.3 is 6.36 Å². The molecule has 2 bridgehead atoms. The molecule has 5 rings (SSSR count). The number of para-hydroxylation sites is 2. The van der Waals surface area contributed by atoms with E-state index in [2.05, 4.69) is 10.1 Å². The molecule has 4 atom stereocenters. The van der Waals surface area contributed by atoms with Gasteiger partial charge < -0.3 is 24.4 Å². The molecule has 2 fully saturated rings. The summed E-state index contributed by atoms with van der Waals surface area (Å²) in [5.41, 5.74) is -0.0503. The standard InChI is InChI=1S/C23H19F3N2O5/c1-31-16-5-3-2-4-15(16)28-12-22-11-10-17(33-22)18(19(22)21(28)30)20(29)27-13-6-8-14(9-7-13)32-23(24,25)26/h2-11,17-19H,12H2,1H3,(H,27,29)/t17-,18-,19-,22-/m0/s1. The highest BCUT2D eigenvalue weighted by molar-refractivity contribution is 6.06. The number of amides is 2. The number of halogens is 3. The van der Waals surface area contributed by atoms with Crippen LogP contribution < -0.4 is 19.7 Å². The summed E-state index contributed by atoms with van der Waals surface area (Å²) in [6, 6.07) is 11.9. The molecule has 1 spiro atoms. The van der Waals surface area contributed by atoms with E-state index in [1.807, 2.05) is 6.08 Å². The SMILES string of the molecule is COc1ccccc1N1C[C@]23C=C[C@H](O2)[C@H](C(=O)Nc2ccc(OC(F)(F)F)cc2)[C@H]3C1=O.